The summed E-state index contributed by atoms with van der Waals surface area (Å²) in [4.78, 5) is 26.8. The van der Waals surface area contributed by atoms with Crippen LogP contribution in [-0.4, -0.2) is 55.1 Å². The van der Waals surface area contributed by atoms with Crippen LogP contribution in [0.25, 0.3) is 0 Å². The molecule has 1 fully saturated rings. The Morgan fingerprint density at radius 3 is 2.69 bits per heavy atom. The van der Waals surface area contributed by atoms with Gasteiger partial charge < -0.3 is 30.2 Å². The number of hydrogen-bond acceptors (Lipinski definition) is 6. The zero-order valence-electron chi connectivity index (χ0n) is 16.2. The molecule has 0 aromatic heterocycles. The SMILES string of the molecule is COc1cccc(N2CCOC(C(O)C(=O)Nc3ccc(C(C)=N)cc3)C2=O)c1. The molecule has 1 saturated heterocycles. The molecule has 2 amide bonds. The first kappa shape index (κ1) is 20.5. The molecule has 2 atom stereocenters. The molecule has 1 aliphatic heterocycles. The van der Waals surface area contributed by atoms with Crippen LogP contribution >= 0.6 is 0 Å². The Morgan fingerprint density at radius 1 is 1.31 bits per heavy atom. The highest BCUT2D eigenvalue weighted by Gasteiger charge is 2.39. The number of morpholine rings is 1. The van der Waals surface area contributed by atoms with E-state index in [0.29, 0.717) is 29.4 Å². The maximum absolute atomic E-state index is 12.8. The zero-order valence-corrected chi connectivity index (χ0v) is 16.2. The van der Waals surface area contributed by atoms with Crippen LogP contribution < -0.4 is 15.0 Å². The van der Waals surface area contributed by atoms with Crippen molar-refractivity contribution in [3.63, 3.8) is 0 Å². The van der Waals surface area contributed by atoms with Crippen LogP contribution in [-0.2, 0) is 14.3 Å². The van der Waals surface area contributed by atoms with Gasteiger partial charge in [0.25, 0.3) is 11.8 Å². The quantitative estimate of drug-likeness (QED) is 0.644. The fraction of sp³-hybridized carbons (Fsp3) is 0.286. The van der Waals surface area contributed by atoms with E-state index in [1.807, 2.05) is 0 Å². The number of nitrogens with zero attached hydrogens (tertiary/aromatic N) is 1. The first-order chi connectivity index (χ1) is 13.9. The number of carbonyl (C=O) groups is 2. The summed E-state index contributed by atoms with van der Waals surface area (Å²) in [5.41, 5.74) is 2.19. The standard InChI is InChI=1S/C21H23N3O5/c1-13(22)14-6-8-15(9-7-14)23-20(26)18(25)19-21(27)24(10-11-29-19)16-4-3-5-17(12-16)28-2/h3-9,12,18-19,22,25H,10-11H2,1-2H3,(H,23,26). The Labute approximate surface area is 168 Å². The number of nitrogens with one attached hydrogen (secondary N) is 2. The van der Waals surface area contributed by atoms with Gasteiger partial charge in [0.05, 0.1) is 13.7 Å². The van der Waals surface area contributed by atoms with Crippen molar-refractivity contribution in [2.45, 2.75) is 19.1 Å². The summed E-state index contributed by atoms with van der Waals surface area (Å²) in [5, 5.41) is 20.6. The van der Waals surface area contributed by atoms with Gasteiger partial charge in [-0.05, 0) is 36.8 Å². The number of hydrogen-bond donors (Lipinski definition) is 3. The molecule has 1 heterocycles. The minimum Gasteiger partial charge on any atom is -0.497 e. The number of methoxy groups -OCH3 is 1. The molecule has 8 nitrogen and oxygen atoms in total. The number of carbonyl (C=O) groups excluding carboxylic acids is 2. The zero-order chi connectivity index (χ0) is 21.0. The van der Waals surface area contributed by atoms with Gasteiger partial charge in [-0.1, -0.05) is 18.2 Å². The van der Waals surface area contributed by atoms with Gasteiger partial charge in [-0.2, -0.15) is 0 Å². The van der Waals surface area contributed by atoms with Crippen LogP contribution in [0.15, 0.2) is 48.5 Å². The van der Waals surface area contributed by atoms with E-state index in [1.54, 1.807) is 55.5 Å². The van der Waals surface area contributed by atoms with Gasteiger partial charge in [0.2, 0.25) is 0 Å². The first-order valence-corrected chi connectivity index (χ1v) is 9.12. The molecule has 2 aromatic rings. The van der Waals surface area contributed by atoms with E-state index >= 15 is 0 Å². The largest absolute Gasteiger partial charge is 0.497 e. The van der Waals surface area contributed by atoms with Crippen molar-refractivity contribution in [1.29, 1.82) is 5.41 Å². The van der Waals surface area contributed by atoms with Crippen LogP contribution in [0, 0.1) is 5.41 Å². The monoisotopic (exact) mass is 397 g/mol. The molecule has 0 bridgehead atoms. The molecule has 152 valence electrons. The lowest BCUT2D eigenvalue weighted by Gasteiger charge is -2.34. The third-order valence-corrected chi connectivity index (χ3v) is 4.63. The van der Waals surface area contributed by atoms with Crippen molar-refractivity contribution in [2.24, 2.45) is 0 Å². The molecule has 1 aliphatic rings. The minimum atomic E-state index is -1.67. The summed E-state index contributed by atoms with van der Waals surface area (Å²) in [6.07, 6.45) is -2.97. The number of rotatable bonds is 6. The van der Waals surface area contributed by atoms with Gasteiger partial charge in [-0.3, -0.25) is 9.59 Å². The lowest BCUT2D eigenvalue weighted by Crippen LogP contribution is -2.55. The number of benzene rings is 2. The molecule has 3 rings (SSSR count). The summed E-state index contributed by atoms with van der Waals surface area (Å²) in [6, 6.07) is 13.6. The summed E-state index contributed by atoms with van der Waals surface area (Å²) in [7, 11) is 1.53. The molecule has 0 radical (unpaired) electrons. The molecular weight excluding hydrogens is 374 g/mol. The Kier molecular flexibility index (Phi) is 6.26. The van der Waals surface area contributed by atoms with E-state index in [-0.39, 0.29) is 6.61 Å². The molecule has 2 aromatic carbocycles. The maximum atomic E-state index is 12.8. The van der Waals surface area contributed by atoms with E-state index in [9.17, 15) is 14.7 Å². The lowest BCUT2D eigenvalue weighted by atomic mass is 10.1. The number of anilines is 2. The maximum Gasteiger partial charge on any atom is 0.259 e. The Balaban J connectivity index is 1.70. The van der Waals surface area contributed by atoms with Crippen molar-refractivity contribution >= 4 is 28.9 Å². The molecule has 8 heteroatoms. The Bertz CT molecular complexity index is 913. The molecule has 29 heavy (non-hydrogen) atoms. The topological polar surface area (TPSA) is 112 Å². The predicted octanol–water partition coefficient (Wildman–Crippen LogP) is 1.81. The summed E-state index contributed by atoms with van der Waals surface area (Å²) >= 11 is 0. The van der Waals surface area contributed by atoms with Gasteiger partial charge in [0.1, 0.15) is 5.75 Å². The highest BCUT2D eigenvalue weighted by Crippen LogP contribution is 2.24. The third kappa shape index (κ3) is 4.61. The molecule has 0 aliphatic carbocycles. The summed E-state index contributed by atoms with van der Waals surface area (Å²) < 4.78 is 10.6. The molecular formula is C21H23N3O5. The molecule has 0 saturated carbocycles. The predicted molar refractivity (Wildman–Crippen MR) is 109 cm³/mol. The second kappa shape index (κ2) is 8.85. The van der Waals surface area contributed by atoms with Crippen molar-refractivity contribution in [2.75, 3.05) is 30.5 Å². The van der Waals surface area contributed by atoms with E-state index in [2.05, 4.69) is 5.32 Å². The highest BCUT2D eigenvalue weighted by atomic mass is 16.5. The normalized spacial score (nSPS) is 17.6. The van der Waals surface area contributed by atoms with E-state index in [1.165, 1.54) is 12.0 Å². The van der Waals surface area contributed by atoms with Gasteiger partial charge >= 0.3 is 0 Å². The fourth-order valence-corrected chi connectivity index (χ4v) is 3.02. The lowest BCUT2D eigenvalue weighted by molar-refractivity contribution is -0.150. The Morgan fingerprint density at radius 2 is 2.03 bits per heavy atom. The van der Waals surface area contributed by atoms with Crippen LogP contribution in [0.4, 0.5) is 11.4 Å². The second-order valence-electron chi connectivity index (χ2n) is 6.62. The van der Waals surface area contributed by atoms with Crippen LogP contribution in [0.5, 0.6) is 5.75 Å². The van der Waals surface area contributed by atoms with Crippen molar-refractivity contribution in [3.8, 4) is 5.75 Å². The minimum absolute atomic E-state index is 0.186. The average Bonchev–Trinajstić information content (AvgIpc) is 2.73. The molecule has 3 N–H and O–H groups in total. The van der Waals surface area contributed by atoms with Gasteiger partial charge in [0, 0.05) is 29.7 Å². The average molecular weight is 397 g/mol. The highest BCUT2D eigenvalue weighted by molar-refractivity contribution is 6.04. The number of ether oxygens (including phenoxy) is 2. The van der Waals surface area contributed by atoms with E-state index in [0.717, 1.165) is 5.56 Å². The van der Waals surface area contributed by atoms with Crippen LogP contribution in [0.2, 0.25) is 0 Å². The van der Waals surface area contributed by atoms with Crippen molar-refractivity contribution in [3.05, 3.63) is 54.1 Å². The van der Waals surface area contributed by atoms with E-state index in [4.69, 9.17) is 14.9 Å². The second-order valence-corrected chi connectivity index (χ2v) is 6.62. The van der Waals surface area contributed by atoms with Crippen molar-refractivity contribution < 1.29 is 24.2 Å². The number of aliphatic hydroxyl groups is 1. The van der Waals surface area contributed by atoms with Crippen LogP contribution in [0.3, 0.4) is 0 Å². The van der Waals surface area contributed by atoms with Crippen LogP contribution in [0.1, 0.15) is 12.5 Å². The van der Waals surface area contributed by atoms with Gasteiger partial charge in [-0.25, -0.2) is 0 Å². The van der Waals surface area contributed by atoms with Crippen molar-refractivity contribution in [1.82, 2.24) is 0 Å². The molecule has 0 spiro atoms. The Hall–Kier alpha value is -3.23. The third-order valence-electron chi connectivity index (χ3n) is 4.63. The number of aliphatic hydroxyl groups excluding tert-OH is 1. The smallest absolute Gasteiger partial charge is 0.259 e. The molecule has 2 unspecified atom stereocenters. The summed E-state index contributed by atoms with van der Waals surface area (Å²) in [5.74, 6) is -0.641. The van der Waals surface area contributed by atoms with Gasteiger partial charge in [-0.15, -0.1) is 0 Å². The first-order valence-electron chi connectivity index (χ1n) is 9.12. The van der Waals surface area contributed by atoms with E-state index < -0.39 is 24.0 Å². The van der Waals surface area contributed by atoms with Gasteiger partial charge in [0.15, 0.2) is 12.2 Å². The number of amides is 2. The fourth-order valence-electron chi connectivity index (χ4n) is 3.02. The summed E-state index contributed by atoms with van der Waals surface area (Å²) in [6.45, 7) is 2.16.